The van der Waals surface area contributed by atoms with E-state index in [2.05, 4.69) is 20.5 Å². The number of carbonyl (C=O) groups excluding carboxylic acids is 2. The Bertz CT molecular complexity index is 1240. The highest BCUT2D eigenvalue weighted by molar-refractivity contribution is 5.94. The van der Waals surface area contributed by atoms with Gasteiger partial charge in [-0.05, 0) is 68.1 Å². The van der Waals surface area contributed by atoms with Crippen molar-refractivity contribution in [2.45, 2.75) is 32.6 Å². The van der Waals surface area contributed by atoms with Crippen LogP contribution in [0.1, 0.15) is 46.1 Å². The highest BCUT2D eigenvalue weighted by atomic mass is 19.1. The molecule has 2 heterocycles. The fourth-order valence-corrected chi connectivity index (χ4v) is 4.48. The van der Waals surface area contributed by atoms with E-state index in [1.54, 1.807) is 21.7 Å². The predicted molar refractivity (Wildman–Crippen MR) is 130 cm³/mol. The maximum absolute atomic E-state index is 13.4. The highest BCUT2D eigenvalue weighted by Crippen LogP contribution is 2.42. The number of amides is 2. The van der Waals surface area contributed by atoms with Crippen molar-refractivity contribution in [3.8, 4) is 5.69 Å². The summed E-state index contributed by atoms with van der Waals surface area (Å²) in [5.74, 6) is -0.278. The molecule has 1 saturated carbocycles. The Balaban J connectivity index is 1.21. The Kier molecular flexibility index (Phi) is 6.34. The summed E-state index contributed by atoms with van der Waals surface area (Å²) >= 11 is 0. The number of benzene rings is 2. The summed E-state index contributed by atoms with van der Waals surface area (Å²) in [6.45, 7) is 6.55. The van der Waals surface area contributed by atoms with Crippen molar-refractivity contribution in [1.29, 1.82) is 0 Å². The number of anilines is 1. The summed E-state index contributed by atoms with van der Waals surface area (Å²) < 4.78 is 15.0. The van der Waals surface area contributed by atoms with E-state index in [0.717, 1.165) is 35.3 Å². The van der Waals surface area contributed by atoms with Gasteiger partial charge in [-0.25, -0.2) is 9.07 Å². The van der Waals surface area contributed by atoms with Gasteiger partial charge in [0, 0.05) is 37.8 Å². The van der Waals surface area contributed by atoms with Crippen LogP contribution in [0.2, 0.25) is 0 Å². The summed E-state index contributed by atoms with van der Waals surface area (Å²) in [5, 5.41) is 11.5. The normalized spacial score (nSPS) is 16.4. The monoisotopic (exact) mass is 476 g/mol. The third kappa shape index (κ3) is 4.95. The van der Waals surface area contributed by atoms with Crippen molar-refractivity contribution in [3.63, 3.8) is 0 Å². The zero-order chi connectivity index (χ0) is 24.5. The van der Waals surface area contributed by atoms with Gasteiger partial charge in [0.15, 0.2) is 5.69 Å². The summed E-state index contributed by atoms with van der Waals surface area (Å²) in [5.41, 5.74) is 4.91. The van der Waals surface area contributed by atoms with E-state index in [1.807, 2.05) is 32.0 Å². The van der Waals surface area contributed by atoms with Crippen LogP contribution >= 0.6 is 0 Å². The molecule has 0 unspecified atom stereocenters. The Labute approximate surface area is 203 Å². The number of rotatable bonds is 6. The smallest absolute Gasteiger partial charge is 0.276 e. The minimum absolute atomic E-state index is 0.0586. The van der Waals surface area contributed by atoms with Gasteiger partial charge in [-0.1, -0.05) is 17.3 Å². The molecule has 1 aliphatic heterocycles. The SMILES string of the molecule is Cc1cccc(NC(=O)CN2CCN(C(=O)c3nnn(-c4ccc(F)cc4)c3C3CC3)CC2)c1C. The second-order valence-corrected chi connectivity index (χ2v) is 9.35. The molecule has 0 bridgehead atoms. The van der Waals surface area contributed by atoms with Gasteiger partial charge in [0.2, 0.25) is 5.91 Å². The third-order valence-electron chi connectivity index (χ3n) is 6.85. The Hall–Kier alpha value is -3.59. The van der Waals surface area contributed by atoms with Crippen molar-refractivity contribution in [2.24, 2.45) is 0 Å². The van der Waals surface area contributed by atoms with E-state index in [-0.39, 0.29) is 30.1 Å². The zero-order valence-corrected chi connectivity index (χ0v) is 20.0. The molecule has 2 amide bonds. The van der Waals surface area contributed by atoms with Crippen LogP contribution in [0.25, 0.3) is 5.69 Å². The van der Waals surface area contributed by atoms with Crippen molar-refractivity contribution < 1.29 is 14.0 Å². The van der Waals surface area contributed by atoms with Gasteiger partial charge >= 0.3 is 0 Å². The molecular weight excluding hydrogens is 447 g/mol. The molecule has 0 atom stereocenters. The summed E-state index contributed by atoms with van der Waals surface area (Å²) in [7, 11) is 0. The van der Waals surface area contributed by atoms with Crippen LogP contribution in [0.15, 0.2) is 42.5 Å². The molecule has 1 saturated heterocycles. The second kappa shape index (κ2) is 9.58. The molecule has 5 rings (SSSR count). The van der Waals surface area contributed by atoms with Crippen LogP contribution < -0.4 is 5.32 Å². The van der Waals surface area contributed by atoms with E-state index in [0.29, 0.717) is 37.6 Å². The maximum Gasteiger partial charge on any atom is 0.276 e. The largest absolute Gasteiger partial charge is 0.335 e. The molecule has 2 aliphatic rings. The maximum atomic E-state index is 13.4. The van der Waals surface area contributed by atoms with Crippen LogP contribution in [-0.4, -0.2) is 69.3 Å². The van der Waals surface area contributed by atoms with Crippen LogP contribution in [0, 0.1) is 19.7 Å². The van der Waals surface area contributed by atoms with E-state index in [1.165, 1.54) is 12.1 Å². The topological polar surface area (TPSA) is 83.4 Å². The van der Waals surface area contributed by atoms with Crippen molar-refractivity contribution in [3.05, 3.63) is 70.8 Å². The molecule has 35 heavy (non-hydrogen) atoms. The first-order chi connectivity index (χ1) is 16.9. The Morgan fingerprint density at radius 3 is 2.43 bits per heavy atom. The fourth-order valence-electron chi connectivity index (χ4n) is 4.48. The molecule has 1 aromatic heterocycles. The van der Waals surface area contributed by atoms with Gasteiger partial charge in [-0.3, -0.25) is 14.5 Å². The number of nitrogens with zero attached hydrogens (tertiary/aromatic N) is 5. The van der Waals surface area contributed by atoms with Crippen LogP contribution in [-0.2, 0) is 4.79 Å². The second-order valence-electron chi connectivity index (χ2n) is 9.35. The van der Waals surface area contributed by atoms with E-state index >= 15 is 0 Å². The molecule has 9 heteroatoms. The van der Waals surface area contributed by atoms with Crippen molar-refractivity contribution in [1.82, 2.24) is 24.8 Å². The van der Waals surface area contributed by atoms with Gasteiger partial charge in [0.1, 0.15) is 5.82 Å². The number of aromatic nitrogens is 3. The molecule has 2 aromatic carbocycles. The standard InChI is InChI=1S/C26H29FN6O2/c1-17-4-3-5-22(18(17)2)28-23(34)16-31-12-14-32(15-13-31)26(35)24-25(19-6-7-19)33(30-29-24)21-10-8-20(27)9-11-21/h3-5,8-11,19H,6-7,12-16H2,1-2H3,(H,28,34). The molecule has 3 aromatic rings. The molecule has 1 N–H and O–H groups in total. The predicted octanol–water partition coefficient (Wildman–Crippen LogP) is 3.30. The summed E-state index contributed by atoms with van der Waals surface area (Å²) in [4.78, 5) is 29.8. The number of hydrogen-bond acceptors (Lipinski definition) is 5. The number of nitrogens with one attached hydrogen (secondary N) is 1. The van der Waals surface area contributed by atoms with Gasteiger partial charge in [-0.2, -0.15) is 0 Å². The zero-order valence-electron chi connectivity index (χ0n) is 20.0. The molecule has 2 fully saturated rings. The Morgan fingerprint density at radius 2 is 1.74 bits per heavy atom. The first-order valence-corrected chi connectivity index (χ1v) is 12.0. The first kappa shape index (κ1) is 23.2. The average Bonchev–Trinajstić information content (AvgIpc) is 3.60. The van der Waals surface area contributed by atoms with Crippen LogP contribution in [0.4, 0.5) is 10.1 Å². The molecule has 8 nitrogen and oxygen atoms in total. The summed E-state index contributed by atoms with van der Waals surface area (Å²) in [6.07, 6.45) is 1.97. The minimum Gasteiger partial charge on any atom is -0.335 e. The van der Waals surface area contributed by atoms with E-state index < -0.39 is 0 Å². The highest BCUT2D eigenvalue weighted by Gasteiger charge is 2.36. The lowest BCUT2D eigenvalue weighted by atomic mass is 10.1. The van der Waals surface area contributed by atoms with Crippen molar-refractivity contribution in [2.75, 3.05) is 38.0 Å². The van der Waals surface area contributed by atoms with Crippen molar-refractivity contribution >= 4 is 17.5 Å². The first-order valence-electron chi connectivity index (χ1n) is 12.0. The van der Waals surface area contributed by atoms with Gasteiger partial charge in [0.05, 0.1) is 17.9 Å². The quantitative estimate of drug-likeness (QED) is 0.590. The summed E-state index contributed by atoms with van der Waals surface area (Å²) in [6, 6.07) is 11.9. The fraction of sp³-hybridized carbons (Fsp3) is 0.385. The van der Waals surface area contributed by atoms with Crippen LogP contribution in [0.3, 0.4) is 0 Å². The molecule has 1 aliphatic carbocycles. The minimum atomic E-state index is -0.321. The average molecular weight is 477 g/mol. The molecular formula is C26H29FN6O2. The number of halogens is 1. The number of aryl methyl sites for hydroxylation is 1. The van der Waals surface area contributed by atoms with Gasteiger partial charge < -0.3 is 10.2 Å². The van der Waals surface area contributed by atoms with Gasteiger partial charge in [0.25, 0.3) is 5.91 Å². The number of hydrogen-bond donors (Lipinski definition) is 1. The molecule has 0 radical (unpaired) electrons. The number of carbonyl (C=O) groups is 2. The number of piperazine rings is 1. The lowest BCUT2D eigenvalue weighted by Crippen LogP contribution is -2.50. The van der Waals surface area contributed by atoms with Gasteiger partial charge in [-0.15, -0.1) is 5.10 Å². The Morgan fingerprint density at radius 1 is 1.03 bits per heavy atom. The lowest BCUT2D eigenvalue weighted by molar-refractivity contribution is -0.117. The van der Waals surface area contributed by atoms with E-state index in [9.17, 15) is 14.0 Å². The van der Waals surface area contributed by atoms with Crippen LogP contribution in [0.5, 0.6) is 0 Å². The molecule has 182 valence electrons. The van der Waals surface area contributed by atoms with E-state index in [4.69, 9.17) is 0 Å². The third-order valence-corrected chi connectivity index (χ3v) is 6.85. The lowest BCUT2D eigenvalue weighted by Gasteiger charge is -2.34. The molecule has 0 spiro atoms.